The third-order valence-corrected chi connectivity index (χ3v) is 3.08. The van der Waals surface area contributed by atoms with Gasteiger partial charge in [-0.25, -0.2) is 0 Å². The zero-order chi connectivity index (χ0) is 14.0. The molecule has 1 heterocycles. The van der Waals surface area contributed by atoms with Crippen LogP contribution in [-0.2, 0) is 13.5 Å². The number of aromatic nitrogens is 4. The zero-order valence-electron chi connectivity index (χ0n) is 12.8. The summed E-state index contributed by atoms with van der Waals surface area (Å²) < 4.78 is 0. The van der Waals surface area contributed by atoms with Crippen molar-refractivity contribution in [3.05, 3.63) is 5.82 Å². The van der Waals surface area contributed by atoms with Gasteiger partial charge in [-0.1, -0.05) is 20.8 Å². The highest BCUT2D eigenvalue weighted by molar-refractivity contribution is 4.88. The Kier molecular flexibility index (Phi) is 4.48. The average Bonchev–Trinajstić information content (AvgIpc) is 2.55. The SMILES string of the molecule is Cn1nnc(CC(CNC(C)(C)C)C(C)(C)C)n1. The van der Waals surface area contributed by atoms with E-state index in [1.54, 1.807) is 7.05 Å². The topological polar surface area (TPSA) is 55.6 Å². The maximum atomic E-state index is 4.28. The summed E-state index contributed by atoms with van der Waals surface area (Å²) in [6.45, 7) is 14.3. The standard InChI is InChI=1S/C13H27N5/c1-12(2,3)10(9-14-13(4,5)6)8-11-15-17-18(7)16-11/h10,14H,8-9H2,1-7H3. The van der Waals surface area contributed by atoms with Crippen LogP contribution in [0.5, 0.6) is 0 Å². The molecule has 0 radical (unpaired) electrons. The molecule has 0 fully saturated rings. The van der Waals surface area contributed by atoms with Crippen LogP contribution in [0.15, 0.2) is 0 Å². The number of hydrogen-bond acceptors (Lipinski definition) is 4. The molecule has 0 saturated heterocycles. The van der Waals surface area contributed by atoms with Crippen molar-refractivity contribution in [1.29, 1.82) is 0 Å². The summed E-state index contributed by atoms with van der Waals surface area (Å²) in [6, 6.07) is 0. The molecule has 5 nitrogen and oxygen atoms in total. The fourth-order valence-electron chi connectivity index (χ4n) is 1.74. The lowest BCUT2D eigenvalue weighted by Crippen LogP contribution is -2.42. The highest BCUT2D eigenvalue weighted by Crippen LogP contribution is 2.28. The largest absolute Gasteiger partial charge is 0.312 e. The predicted molar refractivity (Wildman–Crippen MR) is 73.2 cm³/mol. The van der Waals surface area contributed by atoms with Crippen molar-refractivity contribution >= 4 is 0 Å². The van der Waals surface area contributed by atoms with Gasteiger partial charge < -0.3 is 5.32 Å². The van der Waals surface area contributed by atoms with Gasteiger partial charge in [0.05, 0.1) is 7.05 Å². The number of hydrogen-bond donors (Lipinski definition) is 1. The van der Waals surface area contributed by atoms with Crippen molar-refractivity contribution in [2.24, 2.45) is 18.4 Å². The molecule has 1 aromatic rings. The summed E-state index contributed by atoms with van der Waals surface area (Å²) in [4.78, 5) is 1.52. The Balaban J connectivity index is 2.68. The Morgan fingerprint density at radius 2 is 1.78 bits per heavy atom. The summed E-state index contributed by atoms with van der Waals surface area (Å²) in [7, 11) is 1.80. The lowest BCUT2D eigenvalue weighted by atomic mass is 9.78. The van der Waals surface area contributed by atoms with Gasteiger partial charge in [-0.15, -0.1) is 10.2 Å². The Morgan fingerprint density at radius 1 is 1.17 bits per heavy atom. The van der Waals surface area contributed by atoms with Crippen LogP contribution in [0.25, 0.3) is 0 Å². The molecule has 1 N–H and O–H groups in total. The Labute approximate surface area is 110 Å². The molecule has 0 bridgehead atoms. The number of nitrogens with one attached hydrogen (secondary N) is 1. The van der Waals surface area contributed by atoms with Gasteiger partial charge in [-0.05, 0) is 43.9 Å². The fourth-order valence-corrected chi connectivity index (χ4v) is 1.74. The maximum Gasteiger partial charge on any atom is 0.175 e. The first-order valence-corrected chi connectivity index (χ1v) is 6.56. The van der Waals surface area contributed by atoms with Crippen molar-refractivity contribution < 1.29 is 0 Å². The van der Waals surface area contributed by atoms with Crippen molar-refractivity contribution in [3.63, 3.8) is 0 Å². The first kappa shape index (κ1) is 15.1. The van der Waals surface area contributed by atoms with Crippen molar-refractivity contribution in [3.8, 4) is 0 Å². The predicted octanol–water partition coefficient (Wildman–Crippen LogP) is 1.80. The first-order valence-electron chi connectivity index (χ1n) is 6.56. The van der Waals surface area contributed by atoms with E-state index in [1.165, 1.54) is 4.80 Å². The molecule has 104 valence electrons. The van der Waals surface area contributed by atoms with Gasteiger partial charge in [0.25, 0.3) is 0 Å². The molecular weight excluding hydrogens is 226 g/mol. The molecule has 1 aromatic heterocycles. The van der Waals surface area contributed by atoms with E-state index in [0.717, 1.165) is 18.8 Å². The quantitative estimate of drug-likeness (QED) is 0.889. The molecule has 0 aromatic carbocycles. The van der Waals surface area contributed by atoms with E-state index in [1.807, 2.05) is 0 Å². The van der Waals surface area contributed by atoms with Crippen LogP contribution in [0.1, 0.15) is 47.4 Å². The van der Waals surface area contributed by atoms with Gasteiger partial charge >= 0.3 is 0 Å². The second-order valence-electron chi connectivity index (χ2n) is 7.09. The molecular formula is C13H27N5. The minimum atomic E-state index is 0.138. The Bertz CT molecular complexity index is 369. The van der Waals surface area contributed by atoms with E-state index < -0.39 is 0 Å². The van der Waals surface area contributed by atoms with Crippen LogP contribution in [0.4, 0.5) is 0 Å². The van der Waals surface area contributed by atoms with Crippen LogP contribution in [0.2, 0.25) is 0 Å². The summed E-state index contributed by atoms with van der Waals surface area (Å²) in [5.74, 6) is 1.31. The summed E-state index contributed by atoms with van der Waals surface area (Å²) in [5.41, 5.74) is 0.358. The van der Waals surface area contributed by atoms with Crippen LogP contribution < -0.4 is 5.32 Å². The van der Waals surface area contributed by atoms with Crippen molar-refractivity contribution in [1.82, 2.24) is 25.5 Å². The molecule has 1 unspecified atom stereocenters. The van der Waals surface area contributed by atoms with E-state index in [4.69, 9.17) is 0 Å². The highest BCUT2D eigenvalue weighted by Gasteiger charge is 2.27. The molecule has 0 spiro atoms. The van der Waals surface area contributed by atoms with Gasteiger partial charge in [0.1, 0.15) is 0 Å². The normalized spacial score (nSPS) is 14.8. The molecule has 0 aliphatic heterocycles. The van der Waals surface area contributed by atoms with Crippen molar-refractivity contribution in [2.75, 3.05) is 6.54 Å². The average molecular weight is 253 g/mol. The maximum absolute atomic E-state index is 4.28. The molecule has 0 saturated carbocycles. The van der Waals surface area contributed by atoms with Crippen LogP contribution in [0, 0.1) is 11.3 Å². The van der Waals surface area contributed by atoms with Gasteiger partial charge in [-0.3, -0.25) is 0 Å². The smallest absolute Gasteiger partial charge is 0.175 e. The molecule has 1 rings (SSSR count). The molecule has 0 amide bonds. The van der Waals surface area contributed by atoms with E-state index >= 15 is 0 Å². The molecule has 0 aliphatic carbocycles. The monoisotopic (exact) mass is 253 g/mol. The van der Waals surface area contributed by atoms with Gasteiger partial charge in [0, 0.05) is 12.0 Å². The third-order valence-electron chi connectivity index (χ3n) is 3.08. The van der Waals surface area contributed by atoms with E-state index in [2.05, 4.69) is 62.3 Å². The first-order chi connectivity index (χ1) is 8.08. The fraction of sp³-hybridized carbons (Fsp3) is 0.923. The van der Waals surface area contributed by atoms with Gasteiger partial charge in [0.2, 0.25) is 0 Å². The summed E-state index contributed by atoms with van der Waals surface area (Å²) >= 11 is 0. The van der Waals surface area contributed by atoms with Crippen molar-refractivity contribution in [2.45, 2.75) is 53.5 Å². The molecule has 1 atom stereocenters. The van der Waals surface area contributed by atoms with Crippen LogP contribution >= 0.6 is 0 Å². The minimum absolute atomic E-state index is 0.138. The van der Waals surface area contributed by atoms with Crippen LogP contribution in [-0.4, -0.2) is 32.3 Å². The third kappa shape index (κ3) is 5.12. The molecule has 5 heteroatoms. The van der Waals surface area contributed by atoms with E-state index in [-0.39, 0.29) is 11.0 Å². The molecule has 0 aliphatic rings. The van der Waals surface area contributed by atoms with Gasteiger partial charge in [-0.2, -0.15) is 4.80 Å². The van der Waals surface area contributed by atoms with E-state index in [9.17, 15) is 0 Å². The van der Waals surface area contributed by atoms with Gasteiger partial charge in [0.15, 0.2) is 5.82 Å². The lowest BCUT2D eigenvalue weighted by Gasteiger charge is -2.33. The summed E-state index contributed by atoms with van der Waals surface area (Å²) in [5, 5.41) is 15.8. The minimum Gasteiger partial charge on any atom is -0.312 e. The Morgan fingerprint density at radius 3 is 2.17 bits per heavy atom. The van der Waals surface area contributed by atoms with E-state index in [0.29, 0.717) is 5.92 Å². The second kappa shape index (κ2) is 5.34. The van der Waals surface area contributed by atoms with Crippen LogP contribution in [0.3, 0.4) is 0 Å². The second-order valence-corrected chi connectivity index (χ2v) is 7.09. The number of tetrazole rings is 1. The number of nitrogens with zero attached hydrogens (tertiary/aromatic N) is 4. The number of rotatable bonds is 4. The Hall–Kier alpha value is -0.970. The number of aryl methyl sites for hydroxylation is 1. The molecule has 18 heavy (non-hydrogen) atoms. The zero-order valence-corrected chi connectivity index (χ0v) is 12.8. The summed E-state index contributed by atoms with van der Waals surface area (Å²) in [6.07, 6.45) is 0.862. The highest BCUT2D eigenvalue weighted by atomic mass is 15.6. The lowest BCUT2D eigenvalue weighted by molar-refractivity contribution is 0.211.